The van der Waals surface area contributed by atoms with Gasteiger partial charge in [-0.15, -0.1) is 0 Å². The highest BCUT2D eigenvalue weighted by Crippen LogP contribution is 2.37. The lowest BCUT2D eigenvalue weighted by atomic mass is 10.3. The van der Waals surface area contributed by atoms with Gasteiger partial charge in [0.15, 0.2) is 33.6 Å². The van der Waals surface area contributed by atoms with Crippen molar-refractivity contribution in [1.82, 2.24) is 0 Å². The first kappa shape index (κ1) is 34.3. The van der Waals surface area contributed by atoms with Crippen LogP contribution >= 0.6 is 0 Å². The van der Waals surface area contributed by atoms with Crippen LogP contribution in [0.3, 0.4) is 0 Å². The lowest BCUT2D eigenvalue weighted by molar-refractivity contribution is -0.107. The van der Waals surface area contributed by atoms with Crippen molar-refractivity contribution in [3.8, 4) is 17.2 Å². The molecule has 6 rings (SSSR count). The second-order valence-corrected chi connectivity index (χ2v) is 14.2. The zero-order valence-electron chi connectivity index (χ0n) is 24.9. The van der Waals surface area contributed by atoms with Gasteiger partial charge in [0.25, 0.3) is 0 Å². The first-order valence-electron chi connectivity index (χ1n) is 14.9. The molecule has 3 aliphatic rings. The SMILES string of the molecule is O=S(=O)([O-])CC(F)(F)F.c1cc(OC2CCCO2)cc([S+](c2cccc(OC3CCCO3)c2)c2cccc(OC3CCCO3)c2)c1. The van der Waals surface area contributed by atoms with E-state index in [0.717, 1.165) is 90.3 Å². The highest BCUT2D eigenvalue weighted by molar-refractivity contribution is 7.97. The molecule has 3 fully saturated rings. The molecule has 250 valence electrons. The molecule has 46 heavy (non-hydrogen) atoms. The molecule has 3 saturated heterocycles. The van der Waals surface area contributed by atoms with Crippen LogP contribution in [-0.2, 0) is 35.2 Å². The fourth-order valence-electron chi connectivity index (χ4n) is 5.01. The van der Waals surface area contributed by atoms with Crippen molar-refractivity contribution >= 4 is 21.0 Å². The van der Waals surface area contributed by atoms with Crippen LogP contribution in [0.5, 0.6) is 17.2 Å². The van der Waals surface area contributed by atoms with Gasteiger partial charge in [-0.1, -0.05) is 18.2 Å². The molecule has 0 N–H and O–H groups in total. The van der Waals surface area contributed by atoms with Gasteiger partial charge < -0.3 is 33.0 Å². The first-order valence-corrected chi connectivity index (χ1v) is 17.7. The largest absolute Gasteiger partial charge is 0.748 e. The fourth-order valence-corrected chi connectivity index (χ4v) is 7.57. The van der Waals surface area contributed by atoms with Gasteiger partial charge >= 0.3 is 6.18 Å². The van der Waals surface area contributed by atoms with Gasteiger partial charge in [-0.05, 0) is 55.7 Å². The third-order valence-electron chi connectivity index (χ3n) is 6.93. The second-order valence-electron chi connectivity index (χ2n) is 10.7. The van der Waals surface area contributed by atoms with Crippen molar-refractivity contribution in [2.75, 3.05) is 25.6 Å². The molecule has 0 radical (unpaired) electrons. The second kappa shape index (κ2) is 15.7. The summed E-state index contributed by atoms with van der Waals surface area (Å²) >= 11 is 0. The molecule has 0 aliphatic carbocycles. The summed E-state index contributed by atoms with van der Waals surface area (Å²) in [5, 5.41) is 0. The highest BCUT2D eigenvalue weighted by atomic mass is 32.2. The summed E-state index contributed by atoms with van der Waals surface area (Å²) in [5.74, 6) is 0.168. The Labute approximate surface area is 269 Å². The molecule has 0 saturated carbocycles. The molecule has 3 aromatic rings. The average molecular weight is 685 g/mol. The maximum Gasteiger partial charge on any atom is 0.401 e. The third kappa shape index (κ3) is 10.8. The minimum Gasteiger partial charge on any atom is -0.748 e. The monoisotopic (exact) mass is 684 g/mol. The molecule has 0 bridgehead atoms. The summed E-state index contributed by atoms with van der Waals surface area (Å²) in [4.78, 5) is 3.46. The Kier molecular flexibility index (Phi) is 11.7. The predicted molar refractivity (Wildman–Crippen MR) is 161 cm³/mol. The summed E-state index contributed by atoms with van der Waals surface area (Å²) in [6, 6.07) is 25.0. The molecular weight excluding hydrogens is 649 g/mol. The van der Waals surface area contributed by atoms with Crippen LogP contribution in [0.4, 0.5) is 13.2 Å². The van der Waals surface area contributed by atoms with E-state index in [-0.39, 0.29) is 18.9 Å². The number of ether oxygens (including phenoxy) is 6. The summed E-state index contributed by atoms with van der Waals surface area (Å²) in [7, 11) is -5.57. The Morgan fingerprint density at radius 2 is 1.02 bits per heavy atom. The van der Waals surface area contributed by atoms with E-state index >= 15 is 0 Å². The molecule has 14 heteroatoms. The van der Waals surface area contributed by atoms with Crippen molar-refractivity contribution in [3.63, 3.8) is 0 Å². The minimum atomic E-state index is -5.16. The average Bonchev–Trinajstić information content (AvgIpc) is 3.78. The number of hydrogen-bond donors (Lipinski definition) is 0. The van der Waals surface area contributed by atoms with E-state index in [0.29, 0.717) is 0 Å². The Hall–Kier alpha value is -3.01. The zero-order valence-corrected chi connectivity index (χ0v) is 26.5. The van der Waals surface area contributed by atoms with Crippen LogP contribution in [0.15, 0.2) is 87.5 Å². The standard InChI is InChI=1S/C30H33O6S.C2H3F3O3S/c1-7-22(34-28-13-4-16-31-28)19-25(10-1)37(26-11-2-8-23(20-26)35-29-14-5-17-32-29)27-12-3-9-24(21-27)36-30-15-6-18-33-30;3-2(4,5)1-9(6,7)8/h1-3,7-12,19-21,28-30H,4-6,13-18H2;1H2,(H,6,7,8)/q+1;/p-1. The highest BCUT2D eigenvalue weighted by Gasteiger charge is 2.32. The normalized spacial score (nSPS) is 22.1. The summed E-state index contributed by atoms with van der Waals surface area (Å²) in [6.45, 7) is 2.26. The first-order chi connectivity index (χ1) is 22.0. The van der Waals surface area contributed by atoms with Gasteiger partial charge in [-0.25, -0.2) is 8.42 Å². The molecule has 3 aromatic carbocycles. The smallest absolute Gasteiger partial charge is 0.401 e. The predicted octanol–water partition coefficient (Wildman–Crippen LogP) is 6.42. The van der Waals surface area contributed by atoms with E-state index in [1.54, 1.807) is 0 Å². The van der Waals surface area contributed by atoms with Crippen LogP contribution in [0.25, 0.3) is 0 Å². The van der Waals surface area contributed by atoms with E-state index in [2.05, 4.69) is 54.6 Å². The quantitative estimate of drug-likeness (QED) is 0.176. The van der Waals surface area contributed by atoms with E-state index in [1.807, 2.05) is 18.2 Å². The van der Waals surface area contributed by atoms with Crippen molar-refractivity contribution in [1.29, 1.82) is 0 Å². The number of rotatable bonds is 10. The number of halogens is 3. The van der Waals surface area contributed by atoms with Crippen LogP contribution in [0.2, 0.25) is 0 Å². The molecule has 3 heterocycles. The number of benzene rings is 3. The third-order valence-corrected chi connectivity index (χ3v) is 9.79. The van der Waals surface area contributed by atoms with Crippen molar-refractivity contribution < 1.29 is 54.6 Å². The summed E-state index contributed by atoms with van der Waals surface area (Å²) in [5.41, 5.74) is 0. The van der Waals surface area contributed by atoms with Crippen LogP contribution in [0.1, 0.15) is 38.5 Å². The molecule has 0 spiro atoms. The van der Waals surface area contributed by atoms with Crippen molar-refractivity contribution in [2.24, 2.45) is 0 Å². The fraction of sp³-hybridized carbons (Fsp3) is 0.438. The Morgan fingerprint density at radius 3 is 1.26 bits per heavy atom. The Bertz CT molecular complexity index is 1370. The zero-order chi connectivity index (χ0) is 32.6. The molecule has 3 atom stereocenters. The van der Waals surface area contributed by atoms with Crippen LogP contribution < -0.4 is 14.2 Å². The van der Waals surface area contributed by atoms with Gasteiger partial charge in [0.2, 0.25) is 0 Å². The van der Waals surface area contributed by atoms with Crippen LogP contribution in [0, 0.1) is 0 Å². The molecule has 0 amide bonds. The summed E-state index contributed by atoms with van der Waals surface area (Å²) in [6.07, 6.45) is 0.399. The lowest BCUT2D eigenvalue weighted by Crippen LogP contribution is -2.21. The minimum absolute atomic E-state index is 0.177. The van der Waals surface area contributed by atoms with Gasteiger partial charge in [-0.3, -0.25) is 0 Å². The van der Waals surface area contributed by atoms with Crippen LogP contribution in [-0.4, -0.2) is 63.6 Å². The Balaban J connectivity index is 0.000000407. The topological polar surface area (TPSA) is 113 Å². The number of hydrogen-bond acceptors (Lipinski definition) is 9. The van der Waals surface area contributed by atoms with Gasteiger partial charge in [-0.2, -0.15) is 13.2 Å². The van der Waals surface area contributed by atoms with E-state index in [9.17, 15) is 26.1 Å². The Morgan fingerprint density at radius 1 is 0.674 bits per heavy atom. The van der Waals surface area contributed by atoms with Crippen molar-refractivity contribution in [3.05, 3.63) is 72.8 Å². The van der Waals surface area contributed by atoms with Gasteiger partial charge in [0, 0.05) is 37.5 Å². The lowest BCUT2D eigenvalue weighted by Gasteiger charge is -2.16. The maximum absolute atomic E-state index is 11.0. The number of alkyl halides is 3. The van der Waals surface area contributed by atoms with Crippen molar-refractivity contribution in [2.45, 2.75) is 78.3 Å². The molecule has 3 aliphatic heterocycles. The van der Waals surface area contributed by atoms with E-state index in [1.165, 1.54) is 0 Å². The van der Waals surface area contributed by atoms with E-state index < -0.39 is 32.9 Å². The molecular formula is C32H35F3O9S2. The maximum atomic E-state index is 11.0. The van der Waals surface area contributed by atoms with Gasteiger partial charge in [0.1, 0.15) is 33.1 Å². The molecule has 3 unspecified atom stereocenters. The summed E-state index contributed by atoms with van der Waals surface area (Å²) < 4.78 is 96.6. The van der Waals surface area contributed by atoms with E-state index in [4.69, 9.17) is 28.4 Å². The molecule has 0 aromatic heterocycles. The van der Waals surface area contributed by atoms with Gasteiger partial charge in [0.05, 0.1) is 30.7 Å². The molecule has 9 nitrogen and oxygen atoms in total.